The molecular formula is C12H3F23O2. The Morgan fingerprint density at radius 3 is 0.784 bits per heavy atom. The zero-order chi connectivity index (χ0) is 30.9. The van der Waals surface area contributed by atoms with Crippen molar-refractivity contribution in [2.45, 2.75) is 73.1 Å². The first kappa shape index (κ1) is 35.3. The summed E-state index contributed by atoms with van der Waals surface area (Å²) in [6, 6.07) is 0. The van der Waals surface area contributed by atoms with Gasteiger partial charge in [-0.15, -0.1) is 0 Å². The summed E-state index contributed by atoms with van der Waals surface area (Å²) in [7, 11) is 0. The summed E-state index contributed by atoms with van der Waals surface area (Å²) in [6.07, 6.45) is -40.2. The molecule has 0 unspecified atom stereocenters. The molecule has 0 heterocycles. The van der Waals surface area contributed by atoms with Crippen molar-refractivity contribution in [3.8, 4) is 0 Å². The van der Waals surface area contributed by atoms with Crippen molar-refractivity contribution in [3.63, 3.8) is 0 Å². The van der Waals surface area contributed by atoms with Crippen molar-refractivity contribution in [3.05, 3.63) is 0 Å². The third kappa shape index (κ3) is 5.29. The lowest BCUT2D eigenvalue weighted by molar-refractivity contribution is -0.556. The third-order valence-electron chi connectivity index (χ3n) is 3.67. The van der Waals surface area contributed by atoms with E-state index in [1.165, 1.54) is 4.74 Å². The Labute approximate surface area is 185 Å². The van der Waals surface area contributed by atoms with E-state index in [0.717, 1.165) is 4.74 Å². The summed E-state index contributed by atoms with van der Waals surface area (Å²) in [5.74, 6) is -48.3. The fourth-order valence-corrected chi connectivity index (χ4v) is 1.58. The normalized spacial score (nSPS) is 16.9. The predicted octanol–water partition coefficient (Wildman–Crippen LogP) is 7.78. The van der Waals surface area contributed by atoms with Crippen LogP contribution in [-0.4, -0.2) is 66.1 Å². The van der Waals surface area contributed by atoms with Gasteiger partial charge in [-0.2, -0.15) is 101 Å². The number of halogens is 23. The molecule has 224 valence electrons. The van der Waals surface area contributed by atoms with Gasteiger partial charge in [0.1, 0.15) is 0 Å². The van der Waals surface area contributed by atoms with Gasteiger partial charge in [0.05, 0.1) is 0 Å². The highest BCUT2D eigenvalue weighted by molar-refractivity contribution is 5.08. The molecule has 0 atom stereocenters. The van der Waals surface area contributed by atoms with Crippen LogP contribution in [0.2, 0.25) is 0 Å². The highest BCUT2D eigenvalue weighted by Gasteiger charge is 2.92. The van der Waals surface area contributed by atoms with Gasteiger partial charge < -0.3 is 0 Å². The van der Waals surface area contributed by atoms with Crippen LogP contribution in [-0.2, 0) is 9.47 Å². The number of hydrogen-bond acceptors (Lipinski definition) is 2. The van der Waals surface area contributed by atoms with Crippen LogP contribution in [0.4, 0.5) is 101 Å². The Morgan fingerprint density at radius 1 is 0.297 bits per heavy atom. The van der Waals surface area contributed by atoms with Gasteiger partial charge in [0, 0.05) is 6.92 Å². The topological polar surface area (TPSA) is 18.5 Å². The zero-order valence-electron chi connectivity index (χ0n) is 16.0. The van der Waals surface area contributed by atoms with E-state index in [0.29, 0.717) is 0 Å². The number of alkyl halides is 23. The molecule has 0 spiro atoms. The van der Waals surface area contributed by atoms with Gasteiger partial charge in [0.2, 0.25) is 0 Å². The van der Waals surface area contributed by atoms with E-state index in [1.54, 1.807) is 0 Å². The molecule has 2 nitrogen and oxygen atoms in total. The number of rotatable bonds is 11. The summed E-state index contributed by atoms with van der Waals surface area (Å²) in [5.41, 5.74) is 0. The van der Waals surface area contributed by atoms with E-state index in [9.17, 15) is 101 Å². The van der Waals surface area contributed by atoms with Gasteiger partial charge in [-0.3, -0.25) is 0 Å². The number of hydrogen-bond donors (Lipinski definition) is 0. The Balaban J connectivity index is 6.52. The molecule has 0 aliphatic carbocycles. The Hall–Kier alpha value is -1.69. The first-order valence-electron chi connectivity index (χ1n) is 7.66. The quantitative estimate of drug-likeness (QED) is 0.221. The van der Waals surface area contributed by atoms with Crippen LogP contribution in [0, 0.1) is 0 Å². The van der Waals surface area contributed by atoms with Crippen LogP contribution in [0.5, 0.6) is 0 Å². The van der Waals surface area contributed by atoms with E-state index in [4.69, 9.17) is 0 Å². The minimum Gasteiger partial charge on any atom is -0.243 e. The monoisotopic (exact) mass is 616 g/mol. The second-order valence-corrected chi connectivity index (χ2v) is 6.53. The van der Waals surface area contributed by atoms with Crippen molar-refractivity contribution >= 4 is 0 Å². The molecule has 0 fully saturated rings. The fourth-order valence-electron chi connectivity index (χ4n) is 1.58. The zero-order valence-corrected chi connectivity index (χ0v) is 16.0. The summed E-state index contributed by atoms with van der Waals surface area (Å²) in [5, 5.41) is 0. The van der Waals surface area contributed by atoms with Crippen molar-refractivity contribution < 1.29 is 110 Å². The molecule has 0 amide bonds. The van der Waals surface area contributed by atoms with Crippen molar-refractivity contribution in [2.75, 3.05) is 0 Å². The summed E-state index contributed by atoms with van der Waals surface area (Å²) < 4.78 is 296. The van der Waals surface area contributed by atoms with Crippen LogP contribution in [0.1, 0.15) is 6.92 Å². The maximum atomic E-state index is 13.2. The number of ether oxygens (including phenoxy) is 2. The molecule has 0 saturated carbocycles. The van der Waals surface area contributed by atoms with Gasteiger partial charge in [-0.1, -0.05) is 0 Å². The maximum Gasteiger partial charge on any atom is 0.460 e. The molecule has 0 aromatic carbocycles. The van der Waals surface area contributed by atoms with Crippen LogP contribution in [0.15, 0.2) is 0 Å². The van der Waals surface area contributed by atoms with Gasteiger partial charge in [-0.25, -0.2) is 9.47 Å². The molecule has 0 saturated heterocycles. The van der Waals surface area contributed by atoms with Crippen molar-refractivity contribution in [1.82, 2.24) is 0 Å². The lowest BCUT2D eigenvalue weighted by Crippen LogP contribution is -2.71. The predicted molar refractivity (Wildman–Crippen MR) is 63.4 cm³/mol. The summed E-state index contributed by atoms with van der Waals surface area (Å²) >= 11 is 0. The van der Waals surface area contributed by atoms with Gasteiger partial charge in [-0.05, 0) is 0 Å². The van der Waals surface area contributed by atoms with Crippen molar-refractivity contribution in [1.29, 1.82) is 0 Å². The van der Waals surface area contributed by atoms with Crippen molar-refractivity contribution in [2.24, 2.45) is 0 Å². The molecule has 25 heteroatoms. The molecule has 0 aliphatic rings. The van der Waals surface area contributed by atoms with Crippen LogP contribution < -0.4 is 0 Å². The second kappa shape index (κ2) is 8.66. The minimum atomic E-state index is -8.88. The molecule has 0 bridgehead atoms. The van der Waals surface area contributed by atoms with Gasteiger partial charge >= 0.3 is 66.1 Å². The first-order chi connectivity index (χ1) is 15.4. The lowest BCUT2D eigenvalue weighted by Gasteiger charge is -2.40. The Kier molecular flexibility index (Phi) is 8.26. The van der Waals surface area contributed by atoms with Crippen LogP contribution >= 0.6 is 0 Å². The fraction of sp³-hybridized carbons (Fsp3) is 1.00. The van der Waals surface area contributed by atoms with E-state index in [-0.39, 0.29) is 0 Å². The van der Waals surface area contributed by atoms with Crippen LogP contribution in [0.25, 0.3) is 0 Å². The first-order valence-corrected chi connectivity index (χ1v) is 7.66. The second-order valence-electron chi connectivity index (χ2n) is 6.53. The molecule has 0 rings (SSSR count). The smallest absolute Gasteiger partial charge is 0.243 e. The molecule has 0 aliphatic heterocycles. The summed E-state index contributed by atoms with van der Waals surface area (Å²) in [6.45, 7) is -1.20. The lowest BCUT2D eigenvalue weighted by atomic mass is 9.97. The average molecular weight is 616 g/mol. The average Bonchev–Trinajstić information content (AvgIpc) is 2.56. The molecule has 37 heavy (non-hydrogen) atoms. The van der Waals surface area contributed by atoms with E-state index in [2.05, 4.69) is 0 Å². The van der Waals surface area contributed by atoms with E-state index in [1.807, 2.05) is 0 Å². The SMILES string of the molecule is CC(F)(F)C(F)(F)C(F)(F)OC(F)(F)C(F)(F)OC(F)(F)C(F)(F)C(F)(F)C(F)(F)C(F)(F)C(F)(F)F. The standard InChI is InChI=1S/C12H3F23O2/c1-2(13,14)3(15,16)9(28,29)36-11(32,33)12(34,35)37-10(30,31)7(23,24)5(19,20)4(17,18)6(21,22)8(25,26)27/h1H3. The van der Waals surface area contributed by atoms with Crippen LogP contribution in [0.3, 0.4) is 0 Å². The van der Waals surface area contributed by atoms with Gasteiger partial charge in [0.25, 0.3) is 0 Å². The third-order valence-corrected chi connectivity index (χ3v) is 3.67. The minimum absolute atomic E-state index is 0.982. The molecule has 0 radical (unpaired) electrons. The van der Waals surface area contributed by atoms with E-state index >= 15 is 0 Å². The van der Waals surface area contributed by atoms with Gasteiger partial charge in [0.15, 0.2) is 0 Å². The molecule has 0 N–H and O–H groups in total. The highest BCUT2D eigenvalue weighted by atomic mass is 19.4. The largest absolute Gasteiger partial charge is 0.460 e. The summed E-state index contributed by atoms with van der Waals surface area (Å²) in [4.78, 5) is 0. The highest BCUT2D eigenvalue weighted by Crippen LogP contribution is 2.61. The maximum absolute atomic E-state index is 13.2. The Morgan fingerprint density at radius 2 is 0.541 bits per heavy atom. The van der Waals surface area contributed by atoms with E-state index < -0.39 is 73.1 Å². The molecule has 0 aromatic heterocycles. The molecule has 0 aromatic rings. The molecular weight excluding hydrogens is 613 g/mol. The Bertz CT molecular complexity index is 817.